The molecule has 1 fully saturated rings. The highest BCUT2D eigenvalue weighted by molar-refractivity contribution is 5.88. The van der Waals surface area contributed by atoms with Gasteiger partial charge in [0, 0.05) is 24.8 Å². The van der Waals surface area contributed by atoms with Crippen molar-refractivity contribution in [1.82, 2.24) is 20.4 Å². The predicted octanol–water partition coefficient (Wildman–Crippen LogP) is 1.86. The van der Waals surface area contributed by atoms with Gasteiger partial charge < -0.3 is 10.6 Å². The van der Waals surface area contributed by atoms with Crippen LogP contribution in [0.1, 0.15) is 45.4 Å². The Morgan fingerprint density at radius 1 is 1.27 bits per heavy atom. The first-order valence-electron chi connectivity index (χ1n) is 8.05. The number of hydrogen-bond donors (Lipinski definition) is 3. The molecule has 1 heterocycles. The molecule has 7 heteroatoms. The van der Waals surface area contributed by atoms with Crippen molar-refractivity contribution in [2.75, 3.05) is 11.9 Å². The van der Waals surface area contributed by atoms with Gasteiger partial charge in [0.1, 0.15) is 6.54 Å². The normalized spacial score (nSPS) is 15.9. The summed E-state index contributed by atoms with van der Waals surface area (Å²) in [4.78, 5) is 23.4. The van der Waals surface area contributed by atoms with Gasteiger partial charge in [-0.15, -0.1) is 0 Å². The number of aromatic nitrogens is 2. The lowest BCUT2D eigenvalue weighted by atomic mass is 10.1. The average Bonchev–Trinajstić information content (AvgIpc) is 2.73. The zero-order chi connectivity index (χ0) is 15.8. The average molecular weight is 307 g/mol. The smallest absolute Gasteiger partial charge is 0.320 e. The van der Waals surface area contributed by atoms with Gasteiger partial charge in [-0.2, -0.15) is 5.10 Å². The molecule has 3 amide bonds. The summed E-state index contributed by atoms with van der Waals surface area (Å²) in [5.41, 5.74) is 0. The third-order valence-electron chi connectivity index (χ3n) is 3.75. The van der Waals surface area contributed by atoms with Crippen LogP contribution in [-0.4, -0.2) is 34.3 Å². The monoisotopic (exact) mass is 307 g/mol. The maximum Gasteiger partial charge on any atom is 0.320 e. The Labute approximate surface area is 130 Å². The van der Waals surface area contributed by atoms with Gasteiger partial charge in [0.2, 0.25) is 5.91 Å². The van der Waals surface area contributed by atoms with Crippen LogP contribution in [0.3, 0.4) is 0 Å². The van der Waals surface area contributed by atoms with E-state index in [-0.39, 0.29) is 24.5 Å². The summed E-state index contributed by atoms with van der Waals surface area (Å²) in [6.45, 7) is 2.61. The SMILES string of the molecule is CCNC(=O)Cn1ccc(NC(=O)NC2CCCCCC2)n1. The Bertz CT molecular complexity index is 492. The van der Waals surface area contributed by atoms with Crippen molar-refractivity contribution in [3.8, 4) is 0 Å². The number of carbonyl (C=O) groups is 2. The summed E-state index contributed by atoms with van der Waals surface area (Å²) in [6.07, 6.45) is 8.61. The second kappa shape index (κ2) is 8.41. The number of anilines is 1. The minimum Gasteiger partial charge on any atom is -0.355 e. The zero-order valence-electron chi connectivity index (χ0n) is 13.1. The van der Waals surface area contributed by atoms with E-state index in [1.165, 1.54) is 30.4 Å². The first-order valence-corrected chi connectivity index (χ1v) is 8.05. The van der Waals surface area contributed by atoms with E-state index in [0.29, 0.717) is 12.4 Å². The second-order valence-corrected chi connectivity index (χ2v) is 5.64. The Balaban J connectivity index is 1.78. The Hall–Kier alpha value is -2.05. The molecule has 122 valence electrons. The van der Waals surface area contributed by atoms with Crippen LogP contribution < -0.4 is 16.0 Å². The number of urea groups is 1. The predicted molar refractivity (Wildman–Crippen MR) is 84.6 cm³/mol. The summed E-state index contributed by atoms with van der Waals surface area (Å²) in [7, 11) is 0. The summed E-state index contributed by atoms with van der Waals surface area (Å²) >= 11 is 0. The highest BCUT2D eigenvalue weighted by Gasteiger charge is 2.15. The van der Waals surface area contributed by atoms with Gasteiger partial charge >= 0.3 is 6.03 Å². The van der Waals surface area contributed by atoms with Gasteiger partial charge in [-0.05, 0) is 19.8 Å². The molecular weight excluding hydrogens is 282 g/mol. The molecule has 3 N–H and O–H groups in total. The molecule has 1 saturated carbocycles. The van der Waals surface area contributed by atoms with E-state index in [2.05, 4.69) is 21.0 Å². The molecule has 0 bridgehead atoms. The number of carbonyl (C=O) groups excluding carboxylic acids is 2. The number of likely N-dealkylation sites (N-methyl/N-ethyl adjacent to an activating group) is 1. The largest absolute Gasteiger partial charge is 0.355 e. The number of nitrogens with zero attached hydrogens (tertiary/aromatic N) is 2. The van der Waals surface area contributed by atoms with E-state index in [1.807, 2.05) is 6.92 Å². The van der Waals surface area contributed by atoms with Gasteiger partial charge in [-0.25, -0.2) is 4.79 Å². The minimum atomic E-state index is -0.227. The molecule has 1 aliphatic carbocycles. The van der Waals surface area contributed by atoms with E-state index >= 15 is 0 Å². The molecule has 0 radical (unpaired) electrons. The fraction of sp³-hybridized carbons (Fsp3) is 0.667. The Morgan fingerprint density at radius 2 is 2.00 bits per heavy atom. The van der Waals surface area contributed by atoms with Crippen molar-refractivity contribution in [2.24, 2.45) is 0 Å². The van der Waals surface area contributed by atoms with Crippen molar-refractivity contribution in [1.29, 1.82) is 0 Å². The van der Waals surface area contributed by atoms with Crippen LogP contribution in [-0.2, 0) is 11.3 Å². The first-order chi connectivity index (χ1) is 10.7. The molecule has 0 spiro atoms. The van der Waals surface area contributed by atoms with Crippen molar-refractivity contribution >= 4 is 17.8 Å². The van der Waals surface area contributed by atoms with Crippen LogP contribution in [0.4, 0.5) is 10.6 Å². The molecule has 0 unspecified atom stereocenters. The van der Waals surface area contributed by atoms with E-state index in [4.69, 9.17) is 0 Å². The summed E-state index contributed by atoms with van der Waals surface area (Å²) in [5, 5.41) is 12.6. The lowest BCUT2D eigenvalue weighted by Crippen LogP contribution is -2.37. The molecule has 0 aromatic carbocycles. The third kappa shape index (κ3) is 5.38. The van der Waals surface area contributed by atoms with Gasteiger partial charge in [-0.3, -0.25) is 14.8 Å². The van der Waals surface area contributed by atoms with Gasteiger partial charge in [0.25, 0.3) is 0 Å². The molecule has 1 aliphatic rings. The summed E-state index contributed by atoms with van der Waals surface area (Å²) in [5.74, 6) is 0.357. The Kier molecular flexibility index (Phi) is 6.24. The quantitative estimate of drug-likeness (QED) is 0.726. The molecule has 1 aromatic rings. The van der Waals surface area contributed by atoms with Crippen LogP contribution >= 0.6 is 0 Å². The fourth-order valence-corrected chi connectivity index (χ4v) is 2.68. The van der Waals surface area contributed by atoms with Crippen LogP contribution in [0.25, 0.3) is 0 Å². The molecule has 0 aliphatic heterocycles. The standard InChI is InChI=1S/C15H25N5O2/c1-2-16-14(21)11-20-10-9-13(19-20)18-15(22)17-12-7-5-3-4-6-8-12/h9-10,12H,2-8,11H2,1H3,(H,16,21)(H2,17,18,19,22). The minimum absolute atomic E-state index is 0.0972. The Morgan fingerprint density at radius 3 is 2.68 bits per heavy atom. The molecule has 2 rings (SSSR count). The van der Waals surface area contributed by atoms with Crippen molar-refractivity contribution in [3.63, 3.8) is 0 Å². The van der Waals surface area contributed by atoms with E-state index < -0.39 is 0 Å². The second-order valence-electron chi connectivity index (χ2n) is 5.64. The highest BCUT2D eigenvalue weighted by atomic mass is 16.2. The molecule has 7 nitrogen and oxygen atoms in total. The summed E-state index contributed by atoms with van der Waals surface area (Å²) in [6, 6.07) is 1.71. The van der Waals surface area contributed by atoms with E-state index in [9.17, 15) is 9.59 Å². The lowest BCUT2D eigenvalue weighted by Gasteiger charge is -2.15. The van der Waals surface area contributed by atoms with E-state index in [0.717, 1.165) is 12.8 Å². The van der Waals surface area contributed by atoms with Gasteiger partial charge in [-0.1, -0.05) is 25.7 Å². The number of amides is 3. The van der Waals surface area contributed by atoms with Gasteiger partial charge in [0.05, 0.1) is 0 Å². The molecule has 0 atom stereocenters. The zero-order valence-corrected chi connectivity index (χ0v) is 13.1. The molecular formula is C15H25N5O2. The third-order valence-corrected chi connectivity index (χ3v) is 3.75. The van der Waals surface area contributed by atoms with Crippen LogP contribution in [0.15, 0.2) is 12.3 Å². The first kappa shape index (κ1) is 16.3. The van der Waals surface area contributed by atoms with Crippen molar-refractivity contribution in [3.05, 3.63) is 12.3 Å². The fourth-order valence-electron chi connectivity index (χ4n) is 2.68. The lowest BCUT2D eigenvalue weighted by molar-refractivity contribution is -0.121. The molecule has 0 saturated heterocycles. The highest BCUT2D eigenvalue weighted by Crippen LogP contribution is 2.17. The maximum absolute atomic E-state index is 12.0. The maximum atomic E-state index is 12.0. The number of nitrogens with one attached hydrogen (secondary N) is 3. The van der Waals surface area contributed by atoms with Crippen LogP contribution in [0.5, 0.6) is 0 Å². The van der Waals surface area contributed by atoms with Crippen molar-refractivity contribution < 1.29 is 9.59 Å². The number of hydrogen-bond acceptors (Lipinski definition) is 3. The number of rotatable bonds is 5. The van der Waals surface area contributed by atoms with E-state index in [1.54, 1.807) is 12.3 Å². The van der Waals surface area contributed by atoms with Crippen molar-refractivity contribution in [2.45, 2.75) is 58.0 Å². The summed E-state index contributed by atoms with van der Waals surface area (Å²) < 4.78 is 1.51. The van der Waals surface area contributed by atoms with Crippen LogP contribution in [0, 0.1) is 0 Å². The molecule has 1 aromatic heterocycles. The topological polar surface area (TPSA) is 88.0 Å². The van der Waals surface area contributed by atoms with Crippen LogP contribution in [0.2, 0.25) is 0 Å². The molecule has 22 heavy (non-hydrogen) atoms. The van der Waals surface area contributed by atoms with Gasteiger partial charge in [0.15, 0.2) is 5.82 Å².